The second-order valence-corrected chi connectivity index (χ2v) is 3.56. The van der Waals surface area contributed by atoms with Crippen LogP contribution in [-0.4, -0.2) is 17.7 Å². The molecule has 0 unspecified atom stereocenters. The Kier molecular flexibility index (Phi) is 4.28. The number of carboxylic acids is 1. The van der Waals surface area contributed by atoms with Gasteiger partial charge in [-0.25, -0.2) is 9.18 Å². The highest BCUT2D eigenvalue weighted by molar-refractivity contribution is 5.89. The highest BCUT2D eigenvalue weighted by atomic mass is 19.1. The van der Waals surface area contributed by atoms with Crippen LogP contribution in [-0.2, 0) is 0 Å². The van der Waals surface area contributed by atoms with Gasteiger partial charge in [0.05, 0.1) is 12.2 Å². The van der Waals surface area contributed by atoms with Gasteiger partial charge in [-0.15, -0.1) is 0 Å². The number of halogens is 1. The third kappa shape index (κ3) is 2.72. The molecule has 0 fully saturated rings. The summed E-state index contributed by atoms with van der Waals surface area (Å²) in [5, 5.41) is 8.79. The number of hydrogen-bond acceptors (Lipinski definition) is 2. The molecular weight excluding hydrogens is 211 g/mol. The van der Waals surface area contributed by atoms with Gasteiger partial charge in [0.2, 0.25) is 0 Å². The number of ether oxygens (including phenoxy) is 1. The predicted molar refractivity (Wildman–Crippen MR) is 58.5 cm³/mol. The number of aromatic carboxylic acids is 1. The molecule has 0 aliphatic carbocycles. The van der Waals surface area contributed by atoms with Gasteiger partial charge in [-0.1, -0.05) is 13.3 Å². The standard InChI is InChI=1S/C12H15FO3/c1-3-4-7-16-10-6-5-9(12(14)15)8(2)11(10)13/h5-6H,3-4,7H2,1-2H3,(H,14,15). The van der Waals surface area contributed by atoms with Crippen LogP contribution in [0.4, 0.5) is 4.39 Å². The first-order chi connectivity index (χ1) is 7.57. The quantitative estimate of drug-likeness (QED) is 0.785. The maximum atomic E-state index is 13.7. The van der Waals surface area contributed by atoms with Crippen molar-refractivity contribution in [2.45, 2.75) is 26.7 Å². The number of rotatable bonds is 5. The fourth-order valence-corrected chi connectivity index (χ4v) is 1.33. The lowest BCUT2D eigenvalue weighted by molar-refractivity contribution is 0.0695. The van der Waals surface area contributed by atoms with E-state index >= 15 is 0 Å². The Hall–Kier alpha value is -1.58. The molecule has 1 N–H and O–H groups in total. The largest absolute Gasteiger partial charge is 0.491 e. The van der Waals surface area contributed by atoms with Crippen molar-refractivity contribution in [3.8, 4) is 5.75 Å². The van der Waals surface area contributed by atoms with Gasteiger partial charge in [0.15, 0.2) is 11.6 Å². The molecule has 88 valence electrons. The Morgan fingerprint density at radius 1 is 1.50 bits per heavy atom. The van der Waals surface area contributed by atoms with E-state index in [1.807, 2.05) is 6.92 Å². The predicted octanol–water partition coefficient (Wildman–Crippen LogP) is 3.01. The number of unbranched alkanes of at least 4 members (excludes halogenated alkanes) is 1. The van der Waals surface area contributed by atoms with Crippen molar-refractivity contribution in [1.29, 1.82) is 0 Å². The maximum Gasteiger partial charge on any atom is 0.336 e. The normalized spacial score (nSPS) is 10.2. The van der Waals surface area contributed by atoms with E-state index in [0.717, 1.165) is 12.8 Å². The van der Waals surface area contributed by atoms with Crippen molar-refractivity contribution in [3.63, 3.8) is 0 Å². The minimum absolute atomic E-state index is 0.0275. The van der Waals surface area contributed by atoms with E-state index in [-0.39, 0.29) is 16.9 Å². The minimum atomic E-state index is -1.13. The smallest absolute Gasteiger partial charge is 0.336 e. The number of carboxylic acid groups (broad SMARTS) is 1. The molecule has 16 heavy (non-hydrogen) atoms. The van der Waals surface area contributed by atoms with E-state index in [1.165, 1.54) is 19.1 Å². The first kappa shape index (κ1) is 12.5. The van der Waals surface area contributed by atoms with Crippen molar-refractivity contribution in [1.82, 2.24) is 0 Å². The Labute approximate surface area is 93.9 Å². The molecule has 0 radical (unpaired) electrons. The average Bonchev–Trinajstić information content (AvgIpc) is 2.24. The molecule has 0 spiro atoms. The fourth-order valence-electron chi connectivity index (χ4n) is 1.33. The Balaban J connectivity index is 2.89. The fraction of sp³-hybridized carbons (Fsp3) is 0.417. The van der Waals surface area contributed by atoms with E-state index in [9.17, 15) is 9.18 Å². The molecule has 1 rings (SSSR count). The number of hydrogen-bond donors (Lipinski definition) is 1. The monoisotopic (exact) mass is 226 g/mol. The topological polar surface area (TPSA) is 46.5 Å². The summed E-state index contributed by atoms with van der Waals surface area (Å²) in [7, 11) is 0. The van der Waals surface area contributed by atoms with Crippen LogP contribution in [0, 0.1) is 12.7 Å². The molecule has 0 heterocycles. The molecule has 1 aromatic carbocycles. The second-order valence-electron chi connectivity index (χ2n) is 3.56. The van der Waals surface area contributed by atoms with E-state index < -0.39 is 11.8 Å². The zero-order valence-electron chi connectivity index (χ0n) is 9.42. The molecule has 0 bridgehead atoms. The molecule has 0 saturated carbocycles. The van der Waals surface area contributed by atoms with Crippen LogP contribution in [0.3, 0.4) is 0 Å². The highest BCUT2D eigenvalue weighted by Crippen LogP contribution is 2.23. The summed E-state index contributed by atoms with van der Waals surface area (Å²) >= 11 is 0. The first-order valence-corrected chi connectivity index (χ1v) is 5.23. The summed E-state index contributed by atoms with van der Waals surface area (Å²) in [5.74, 6) is -1.59. The molecule has 1 aromatic rings. The molecule has 3 nitrogen and oxygen atoms in total. The van der Waals surface area contributed by atoms with Gasteiger partial charge in [-0.2, -0.15) is 0 Å². The van der Waals surface area contributed by atoms with Crippen LogP contribution < -0.4 is 4.74 Å². The van der Waals surface area contributed by atoms with Crippen molar-refractivity contribution >= 4 is 5.97 Å². The lowest BCUT2D eigenvalue weighted by atomic mass is 10.1. The summed E-state index contributed by atoms with van der Waals surface area (Å²) in [5.41, 5.74) is 0.0850. The molecule has 0 atom stereocenters. The lowest BCUT2D eigenvalue weighted by Crippen LogP contribution is -2.05. The Bertz CT molecular complexity index is 388. The van der Waals surface area contributed by atoms with Gasteiger partial charge < -0.3 is 9.84 Å². The van der Waals surface area contributed by atoms with E-state index in [1.54, 1.807) is 0 Å². The van der Waals surface area contributed by atoms with Gasteiger partial charge >= 0.3 is 5.97 Å². The molecule has 4 heteroatoms. The van der Waals surface area contributed by atoms with E-state index in [0.29, 0.717) is 6.61 Å². The SMILES string of the molecule is CCCCOc1ccc(C(=O)O)c(C)c1F. The van der Waals surface area contributed by atoms with Gasteiger partial charge in [-0.05, 0) is 25.5 Å². The molecular formula is C12H15FO3. The van der Waals surface area contributed by atoms with Crippen molar-refractivity contribution in [2.24, 2.45) is 0 Å². The maximum absolute atomic E-state index is 13.7. The third-order valence-electron chi connectivity index (χ3n) is 2.34. The number of carbonyl (C=O) groups is 1. The minimum Gasteiger partial charge on any atom is -0.491 e. The molecule has 0 saturated heterocycles. The summed E-state index contributed by atoms with van der Waals surface area (Å²) in [6.07, 6.45) is 1.81. The van der Waals surface area contributed by atoms with Gasteiger partial charge in [0, 0.05) is 5.56 Å². The van der Waals surface area contributed by atoms with Gasteiger partial charge in [-0.3, -0.25) is 0 Å². The second kappa shape index (κ2) is 5.49. The number of benzene rings is 1. The van der Waals surface area contributed by atoms with Crippen LogP contribution in [0.25, 0.3) is 0 Å². The first-order valence-electron chi connectivity index (χ1n) is 5.23. The van der Waals surface area contributed by atoms with Crippen molar-refractivity contribution in [3.05, 3.63) is 29.1 Å². The van der Waals surface area contributed by atoms with Crippen LogP contribution in [0.15, 0.2) is 12.1 Å². The molecule has 0 aliphatic rings. The summed E-state index contributed by atoms with van der Waals surface area (Å²) in [4.78, 5) is 10.7. The van der Waals surface area contributed by atoms with Crippen LogP contribution in [0.2, 0.25) is 0 Å². The van der Waals surface area contributed by atoms with Crippen LogP contribution in [0.1, 0.15) is 35.7 Å². The Morgan fingerprint density at radius 2 is 2.19 bits per heavy atom. The zero-order valence-corrected chi connectivity index (χ0v) is 9.42. The third-order valence-corrected chi connectivity index (χ3v) is 2.34. The van der Waals surface area contributed by atoms with Crippen LogP contribution >= 0.6 is 0 Å². The van der Waals surface area contributed by atoms with E-state index in [4.69, 9.17) is 9.84 Å². The average molecular weight is 226 g/mol. The summed E-state index contributed by atoms with van der Waals surface area (Å²) in [6.45, 7) is 3.89. The van der Waals surface area contributed by atoms with E-state index in [2.05, 4.69) is 0 Å². The molecule has 0 amide bonds. The Morgan fingerprint density at radius 3 is 2.75 bits per heavy atom. The molecule has 0 aromatic heterocycles. The highest BCUT2D eigenvalue weighted by Gasteiger charge is 2.14. The summed E-state index contributed by atoms with van der Waals surface area (Å²) < 4.78 is 18.9. The van der Waals surface area contributed by atoms with Gasteiger partial charge in [0.25, 0.3) is 0 Å². The van der Waals surface area contributed by atoms with Crippen LogP contribution in [0.5, 0.6) is 5.75 Å². The molecule has 0 aliphatic heterocycles. The van der Waals surface area contributed by atoms with Crippen molar-refractivity contribution in [2.75, 3.05) is 6.61 Å². The summed E-state index contributed by atoms with van der Waals surface area (Å²) in [6, 6.07) is 2.73. The zero-order chi connectivity index (χ0) is 12.1. The van der Waals surface area contributed by atoms with Gasteiger partial charge in [0.1, 0.15) is 0 Å². The lowest BCUT2D eigenvalue weighted by Gasteiger charge is -2.09. The van der Waals surface area contributed by atoms with Crippen molar-refractivity contribution < 1.29 is 19.0 Å².